The smallest absolute Gasteiger partial charge is 0.322 e. The monoisotopic (exact) mass is 285 g/mol. The van der Waals surface area contributed by atoms with E-state index in [2.05, 4.69) is 18.9 Å². The van der Waals surface area contributed by atoms with Crippen molar-refractivity contribution >= 4 is 17.7 Å². The highest BCUT2D eigenvalue weighted by molar-refractivity contribution is 7.98. The first-order chi connectivity index (χ1) is 9.04. The van der Waals surface area contributed by atoms with E-state index in [1.54, 1.807) is 18.7 Å². The molecule has 0 spiro atoms. The van der Waals surface area contributed by atoms with Crippen molar-refractivity contribution in [3.63, 3.8) is 0 Å². The predicted octanol–water partition coefficient (Wildman–Crippen LogP) is 1.98. The van der Waals surface area contributed by atoms with E-state index in [1.165, 1.54) is 0 Å². The molecule has 0 aromatic carbocycles. The summed E-state index contributed by atoms with van der Waals surface area (Å²) in [5.41, 5.74) is 6.78. The Morgan fingerprint density at radius 2 is 2.32 bits per heavy atom. The fourth-order valence-electron chi connectivity index (χ4n) is 1.50. The summed E-state index contributed by atoms with van der Waals surface area (Å²) < 4.78 is 6.80. The van der Waals surface area contributed by atoms with Crippen molar-refractivity contribution in [1.29, 1.82) is 0 Å². The number of hydrogen-bond acceptors (Lipinski definition) is 5. The molecule has 0 amide bonds. The molecular weight excluding hydrogens is 262 g/mol. The lowest BCUT2D eigenvalue weighted by atomic mass is 10.2. The van der Waals surface area contributed by atoms with E-state index in [-0.39, 0.29) is 5.97 Å². The van der Waals surface area contributed by atoms with Crippen LogP contribution in [-0.2, 0) is 15.3 Å². The van der Waals surface area contributed by atoms with Crippen molar-refractivity contribution in [1.82, 2.24) is 9.78 Å². The Morgan fingerprint density at radius 3 is 2.89 bits per heavy atom. The number of nitrogens with zero attached hydrogens (tertiary/aromatic N) is 2. The van der Waals surface area contributed by atoms with Crippen molar-refractivity contribution in [2.24, 2.45) is 5.73 Å². The van der Waals surface area contributed by atoms with E-state index in [0.29, 0.717) is 19.1 Å². The second-order valence-electron chi connectivity index (χ2n) is 4.58. The van der Waals surface area contributed by atoms with E-state index in [4.69, 9.17) is 10.5 Å². The van der Waals surface area contributed by atoms with Gasteiger partial charge in [0, 0.05) is 18.0 Å². The molecule has 0 aliphatic carbocycles. The molecule has 1 unspecified atom stereocenters. The average molecular weight is 285 g/mol. The number of carbonyl (C=O) groups is 1. The highest BCUT2D eigenvalue weighted by Crippen LogP contribution is 2.13. The molecule has 0 aliphatic rings. The van der Waals surface area contributed by atoms with Gasteiger partial charge in [0.2, 0.25) is 0 Å². The summed E-state index contributed by atoms with van der Waals surface area (Å²) in [6.45, 7) is 6.36. The topological polar surface area (TPSA) is 70.1 Å². The first-order valence-corrected chi connectivity index (χ1v) is 7.74. The van der Waals surface area contributed by atoms with Gasteiger partial charge in [-0.25, -0.2) is 0 Å². The number of rotatable bonds is 8. The van der Waals surface area contributed by atoms with Crippen LogP contribution in [0.3, 0.4) is 0 Å². The molecule has 19 heavy (non-hydrogen) atoms. The Kier molecular flexibility index (Phi) is 6.94. The van der Waals surface area contributed by atoms with Gasteiger partial charge in [0.05, 0.1) is 12.3 Å². The molecule has 2 N–H and O–H groups in total. The number of aromatic nitrogens is 2. The molecule has 1 rings (SSSR count). The normalized spacial score (nSPS) is 12.7. The highest BCUT2D eigenvalue weighted by atomic mass is 32.2. The molecule has 6 heteroatoms. The van der Waals surface area contributed by atoms with Crippen LogP contribution in [-0.4, -0.2) is 34.2 Å². The zero-order valence-corrected chi connectivity index (χ0v) is 12.7. The van der Waals surface area contributed by atoms with Gasteiger partial charge in [-0.2, -0.15) is 16.9 Å². The third kappa shape index (κ3) is 5.65. The van der Waals surface area contributed by atoms with Gasteiger partial charge in [-0.15, -0.1) is 0 Å². The molecule has 0 radical (unpaired) electrons. The zero-order valence-electron chi connectivity index (χ0n) is 11.8. The molecule has 108 valence electrons. The summed E-state index contributed by atoms with van der Waals surface area (Å²) in [6.07, 6.45) is 2.62. The van der Waals surface area contributed by atoms with Crippen molar-refractivity contribution in [2.45, 2.75) is 45.0 Å². The standard InChI is InChI=1S/C13H23N3O2S/c1-4-18-13(17)12(14)6-8-19-9-11-5-7-16(15-11)10(2)3/h5,7,10,12H,4,6,8-9,14H2,1-3H3. The fraction of sp³-hybridized carbons (Fsp3) is 0.692. The van der Waals surface area contributed by atoms with Crippen LogP contribution in [0.2, 0.25) is 0 Å². The van der Waals surface area contributed by atoms with E-state index in [1.807, 2.05) is 16.9 Å². The molecule has 0 fully saturated rings. The third-order valence-corrected chi connectivity index (χ3v) is 3.63. The van der Waals surface area contributed by atoms with Crippen LogP contribution in [0.4, 0.5) is 0 Å². The molecule has 0 bridgehead atoms. The van der Waals surface area contributed by atoms with Crippen molar-refractivity contribution in [3.8, 4) is 0 Å². The first kappa shape index (κ1) is 16.0. The van der Waals surface area contributed by atoms with Gasteiger partial charge in [0.25, 0.3) is 0 Å². The van der Waals surface area contributed by atoms with Crippen LogP contribution < -0.4 is 5.73 Å². The molecule has 0 saturated carbocycles. The van der Waals surface area contributed by atoms with Crippen molar-refractivity contribution in [2.75, 3.05) is 12.4 Å². The minimum Gasteiger partial charge on any atom is -0.465 e. The first-order valence-electron chi connectivity index (χ1n) is 6.58. The summed E-state index contributed by atoms with van der Waals surface area (Å²) >= 11 is 1.73. The minimum absolute atomic E-state index is 0.313. The molecular formula is C13H23N3O2S. The summed E-state index contributed by atoms with van der Waals surface area (Å²) in [4.78, 5) is 11.3. The number of nitrogens with two attached hydrogens (primary N) is 1. The van der Waals surface area contributed by atoms with Crippen LogP contribution in [0.15, 0.2) is 12.3 Å². The average Bonchev–Trinajstić information content (AvgIpc) is 2.83. The van der Waals surface area contributed by atoms with Crippen LogP contribution in [0.25, 0.3) is 0 Å². The Hall–Kier alpha value is -1.01. The van der Waals surface area contributed by atoms with Gasteiger partial charge in [0.1, 0.15) is 6.04 Å². The van der Waals surface area contributed by atoms with Crippen LogP contribution in [0.5, 0.6) is 0 Å². The second kappa shape index (κ2) is 8.22. The minimum atomic E-state index is -0.513. The number of esters is 1. The van der Waals surface area contributed by atoms with Gasteiger partial charge in [-0.3, -0.25) is 9.48 Å². The van der Waals surface area contributed by atoms with Crippen LogP contribution in [0.1, 0.15) is 38.9 Å². The molecule has 0 saturated heterocycles. The Balaban J connectivity index is 2.21. The molecule has 1 atom stereocenters. The van der Waals surface area contributed by atoms with E-state index in [0.717, 1.165) is 17.2 Å². The summed E-state index contributed by atoms with van der Waals surface area (Å²) in [5, 5.41) is 4.46. The zero-order chi connectivity index (χ0) is 14.3. The lowest BCUT2D eigenvalue weighted by molar-refractivity contribution is -0.144. The van der Waals surface area contributed by atoms with Crippen molar-refractivity contribution < 1.29 is 9.53 Å². The van der Waals surface area contributed by atoms with Crippen LogP contribution >= 0.6 is 11.8 Å². The predicted molar refractivity (Wildman–Crippen MR) is 78.0 cm³/mol. The maximum Gasteiger partial charge on any atom is 0.322 e. The Morgan fingerprint density at radius 1 is 1.58 bits per heavy atom. The van der Waals surface area contributed by atoms with Crippen LogP contribution in [0, 0.1) is 0 Å². The number of thioether (sulfide) groups is 1. The maximum atomic E-state index is 11.3. The SMILES string of the molecule is CCOC(=O)C(N)CCSCc1ccn(C(C)C)n1. The summed E-state index contributed by atoms with van der Waals surface area (Å²) in [7, 11) is 0. The van der Waals surface area contributed by atoms with Gasteiger partial charge < -0.3 is 10.5 Å². The van der Waals surface area contributed by atoms with Crippen molar-refractivity contribution in [3.05, 3.63) is 18.0 Å². The van der Waals surface area contributed by atoms with E-state index in [9.17, 15) is 4.79 Å². The molecule has 1 aromatic heterocycles. The molecule has 1 heterocycles. The molecule has 5 nitrogen and oxygen atoms in total. The number of carbonyl (C=O) groups excluding carboxylic acids is 1. The maximum absolute atomic E-state index is 11.3. The van der Waals surface area contributed by atoms with Gasteiger partial charge >= 0.3 is 5.97 Å². The fourth-order valence-corrected chi connectivity index (χ4v) is 2.42. The number of ether oxygens (including phenoxy) is 1. The third-order valence-electron chi connectivity index (χ3n) is 2.61. The van der Waals surface area contributed by atoms with E-state index >= 15 is 0 Å². The number of hydrogen-bond donors (Lipinski definition) is 1. The second-order valence-corrected chi connectivity index (χ2v) is 5.69. The Bertz CT molecular complexity index is 393. The summed E-state index contributed by atoms with van der Waals surface area (Å²) in [5.74, 6) is 1.36. The van der Waals surface area contributed by atoms with Gasteiger partial charge in [-0.05, 0) is 39.0 Å². The summed E-state index contributed by atoms with van der Waals surface area (Å²) in [6, 6.07) is 1.90. The Labute approximate surface area is 118 Å². The lowest BCUT2D eigenvalue weighted by Gasteiger charge is -2.09. The molecule has 0 aliphatic heterocycles. The lowest BCUT2D eigenvalue weighted by Crippen LogP contribution is -2.32. The molecule has 1 aromatic rings. The largest absolute Gasteiger partial charge is 0.465 e. The van der Waals surface area contributed by atoms with E-state index < -0.39 is 6.04 Å². The van der Waals surface area contributed by atoms with Gasteiger partial charge in [0.15, 0.2) is 0 Å². The van der Waals surface area contributed by atoms with Gasteiger partial charge in [-0.1, -0.05) is 0 Å². The quantitative estimate of drug-likeness (QED) is 0.584. The highest BCUT2D eigenvalue weighted by Gasteiger charge is 2.13.